The van der Waals surface area contributed by atoms with Gasteiger partial charge in [0.2, 0.25) is 0 Å². The summed E-state index contributed by atoms with van der Waals surface area (Å²) in [7, 11) is 0. The van der Waals surface area contributed by atoms with Crippen molar-refractivity contribution in [2.24, 2.45) is 5.92 Å². The molecule has 0 aliphatic carbocycles. The molecule has 0 amide bonds. The van der Waals surface area contributed by atoms with Gasteiger partial charge in [-0.1, -0.05) is 0 Å². The van der Waals surface area contributed by atoms with Crippen molar-refractivity contribution in [3.8, 4) is 5.75 Å². The van der Waals surface area contributed by atoms with Gasteiger partial charge in [-0.05, 0) is 61.4 Å². The van der Waals surface area contributed by atoms with Crippen LogP contribution in [0.5, 0.6) is 5.75 Å². The largest absolute Gasteiger partial charge is 0.493 e. The Hall–Kier alpha value is -2.14. The number of ether oxygens (including phenoxy) is 1. The van der Waals surface area contributed by atoms with Crippen LogP contribution in [-0.4, -0.2) is 43.7 Å². The summed E-state index contributed by atoms with van der Waals surface area (Å²) < 4.78 is 31.9. The van der Waals surface area contributed by atoms with Gasteiger partial charge in [0.15, 0.2) is 0 Å². The van der Waals surface area contributed by atoms with E-state index in [2.05, 4.69) is 9.80 Å². The zero-order valence-electron chi connectivity index (χ0n) is 14.8. The lowest BCUT2D eigenvalue weighted by atomic mass is 9.91. The van der Waals surface area contributed by atoms with Crippen molar-refractivity contribution >= 4 is 5.69 Å². The lowest BCUT2D eigenvalue weighted by molar-refractivity contribution is 0.0729. The fourth-order valence-corrected chi connectivity index (χ4v) is 4.03. The third-order valence-corrected chi connectivity index (χ3v) is 5.50. The molecule has 0 bridgehead atoms. The van der Waals surface area contributed by atoms with Gasteiger partial charge in [0, 0.05) is 43.8 Å². The van der Waals surface area contributed by atoms with Crippen molar-refractivity contribution < 1.29 is 13.5 Å². The van der Waals surface area contributed by atoms with Gasteiger partial charge in [-0.2, -0.15) is 0 Å². The van der Waals surface area contributed by atoms with Crippen LogP contribution in [0.1, 0.15) is 12.8 Å². The van der Waals surface area contributed by atoms with Gasteiger partial charge in [0.1, 0.15) is 17.4 Å². The molecule has 2 aliphatic rings. The standard InChI is InChI=1S/C21H24F2N2O/c22-17-2-7-19(8-3-17)25-12-11-24-13-16(1-6-20(24)14-25)15-26-21-9-4-18(23)5-10-21/h2-5,7-10,16,20H,1,6,11-15H2/t16-,20+/m1/s1. The number of anilines is 1. The average Bonchev–Trinajstić information content (AvgIpc) is 2.67. The number of piperazine rings is 1. The van der Waals surface area contributed by atoms with Gasteiger partial charge in [-0.15, -0.1) is 0 Å². The second kappa shape index (κ2) is 7.62. The van der Waals surface area contributed by atoms with E-state index in [0.717, 1.165) is 50.5 Å². The minimum absolute atomic E-state index is 0.186. The lowest BCUT2D eigenvalue weighted by Crippen LogP contribution is -2.57. The third-order valence-electron chi connectivity index (χ3n) is 5.50. The highest BCUT2D eigenvalue weighted by molar-refractivity contribution is 5.47. The van der Waals surface area contributed by atoms with Crippen molar-refractivity contribution in [2.75, 3.05) is 37.7 Å². The number of fused-ring (bicyclic) bond motifs is 1. The fourth-order valence-electron chi connectivity index (χ4n) is 4.03. The van der Waals surface area contributed by atoms with Crippen LogP contribution in [0.2, 0.25) is 0 Å². The van der Waals surface area contributed by atoms with E-state index in [4.69, 9.17) is 4.74 Å². The summed E-state index contributed by atoms with van der Waals surface area (Å²) in [6.45, 7) is 4.71. The average molecular weight is 358 g/mol. The number of piperidine rings is 1. The van der Waals surface area contributed by atoms with Crippen molar-refractivity contribution in [3.05, 3.63) is 60.2 Å². The van der Waals surface area contributed by atoms with Gasteiger partial charge < -0.3 is 9.64 Å². The van der Waals surface area contributed by atoms with Gasteiger partial charge in [0.05, 0.1) is 6.61 Å². The van der Waals surface area contributed by atoms with E-state index in [1.807, 2.05) is 12.1 Å². The second-order valence-electron chi connectivity index (χ2n) is 7.28. The molecule has 0 aromatic heterocycles. The first-order valence-electron chi connectivity index (χ1n) is 9.30. The maximum Gasteiger partial charge on any atom is 0.123 e. The Bertz CT molecular complexity index is 720. The van der Waals surface area contributed by atoms with Crippen LogP contribution in [0.25, 0.3) is 0 Å². The Morgan fingerprint density at radius 2 is 1.54 bits per heavy atom. The minimum atomic E-state index is -0.239. The Balaban J connectivity index is 1.29. The lowest BCUT2D eigenvalue weighted by Gasteiger charge is -2.47. The zero-order chi connectivity index (χ0) is 17.9. The molecule has 0 spiro atoms. The highest BCUT2D eigenvalue weighted by Crippen LogP contribution is 2.28. The number of rotatable bonds is 4. The van der Waals surface area contributed by atoms with Crippen LogP contribution >= 0.6 is 0 Å². The van der Waals surface area contributed by atoms with Crippen LogP contribution < -0.4 is 9.64 Å². The van der Waals surface area contributed by atoms with E-state index >= 15 is 0 Å². The summed E-state index contributed by atoms with van der Waals surface area (Å²) in [5.74, 6) is 0.814. The molecule has 2 aromatic carbocycles. The molecule has 2 atom stereocenters. The molecular weight excluding hydrogens is 334 g/mol. The fraction of sp³-hybridized carbons (Fsp3) is 0.429. The summed E-state index contributed by atoms with van der Waals surface area (Å²) in [5.41, 5.74) is 1.10. The van der Waals surface area contributed by atoms with E-state index in [0.29, 0.717) is 18.6 Å². The van der Waals surface area contributed by atoms with Crippen molar-refractivity contribution in [1.82, 2.24) is 4.90 Å². The Kier molecular flexibility index (Phi) is 5.07. The number of nitrogens with zero attached hydrogens (tertiary/aromatic N) is 2. The van der Waals surface area contributed by atoms with Crippen LogP contribution in [0.3, 0.4) is 0 Å². The van der Waals surface area contributed by atoms with E-state index in [-0.39, 0.29) is 11.6 Å². The maximum absolute atomic E-state index is 13.1. The Labute approximate surface area is 153 Å². The molecule has 0 N–H and O–H groups in total. The van der Waals surface area contributed by atoms with E-state index in [9.17, 15) is 8.78 Å². The van der Waals surface area contributed by atoms with Crippen molar-refractivity contribution in [1.29, 1.82) is 0 Å². The molecule has 0 saturated carbocycles. The summed E-state index contributed by atoms with van der Waals surface area (Å²) in [5, 5.41) is 0. The first-order chi connectivity index (χ1) is 12.7. The van der Waals surface area contributed by atoms with E-state index in [1.165, 1.54) is 24.3 Å². The molecule has 2 fully saturated rings. The molecule has 5 heteroatoms. The predicted molar refractivity (Wildman–Crippen MR) is 98.6 cm³/mol. The molecule has 2 heterocycles. The van der Waals surface area contributed by atoms with Gasteiger partial charge >= 0.3 is 0 Å². The highest BCUT2D eigenvalue weighted by Gasteiger charge is 2.33. The summed E-state index contributed by atoms with van der Waals surface area (Å²) in [4.78, 5) is 4.91. The number of hydrogen-bond acceptors (Lipinski definition) is 3. The normalized spacial score (nSPS) is 23.5. The molecule has 2 aromatic rings. The Morgan fingerprint density at radius 1 is 0.846 bits per heavy atom. The first-order valence-corrected chi connectivity index (χ1v) is 9.30. The van der Waals surface area contributed by atoms with Crippen LogP contribution in [0, 0.1) is 17.6 Å². The van der Waals surface area contributed by atoms with Gasteiger partial charge in [0.25, 0.3) is 0 Å². The quantitative estimate of drug-likeness (QED) is 0.823. The van der Waals surface area contributed by atoms with E-state index in [1.54, 1.807) is 12.1 Å². The minimum Gasteiger partial charge on any atom is -0.493 e. The van der Waals surface area contributed by atoms with Crippen molar-refractivity contribution in [3.63, 3.8) is 0 Å². The highest BCUT2D eigenvalue weighted by atomic mass is 19.1. The topological polar surface area (TPSA) is 15.7 Å². The van der Waals surface area contributed by atoms with Crippen molar-refractivity contribution in [2.45, 2.75) is 18.9 Å². The molecule has 0 unspecified atom stereocenters. The smallest absolute Gasteiger partial charge is 0.123 e. The third kappa shape index (κ3) is 3.98. The molecule has 0 radical (unpaired) electrons. The second-order valence-corrected chi connectivity index (χ2v) is 7.28. The molecule has 2 aliphatic heterocycles. The van der Waals surface area contributed by atoms with Gasteiger partial charge in [-0.3, -0.25) is 4.90 Å². The SMILES string of the molecule is Fc1ccc(OC[C@@H]2CC[C@H]3CN(c4ccc(F)cc4)CCN3C2)cc1. The molecular formula is C21H24F2N2O. The van der Waals surface area contributed by atoms with Crippen LogP contribution in [-0.2, 0) is 0 Å². The molecule has 138 valence electrons. The summed E-state index contributed by atoms with van der Waals surface area (Å²) in [6, 6.07) is 13.6. The van der Waals surface area contributed by atoms with Gasteiger partial charge in [-0.25, -0.2) is 8.78 Å². The molecule has 4 rings (SSSR count). The monoisotopic (exact) mass is 358 g/mol. The summed E-state index contributed by atoms with van der Waals surface area (Å²) >= 11 is 0. The number of benzene rings is 2. The van der Waals surface area contributed by atoms with Crippen LogP contribution in [0.15, 0.2) is 48.5 Å². The van der Waals surface area contributed by atoms with Crippen LogP contribution in [0.4, 0.5) is 14.5 Å². The predicted octanol–water partition coefficient (Wildman–Crippen LogP) is 3.94. The van der Waals surface area contributed by atoms with E-state index < -0.39 is 0 Å². The Morgan fingerprint density at radius 3 is 2.27 bits per heavy atom. The first kappa shape index (κ1) is 17.3. The zero-order valence-corrected chi connectivity index (χ0v) is 14.8. The maximum atomic E-state index is 13.1. The number of hydrogen-bond donors (Lipinski definition) is 0. The molecule has 26 heavy (non-hydrogen) atoms. The molecule has 2 saturated heterocycles. The number of halogens is 2. The summed E-state index contributed by atoms with van der Waals surface area (Å²) in [6.07, 6.45) is 2.29. The molecule has 3 nitrogen and oxygen atoms in total.